The summed E-state index contributed by atoms with van der Waals surface area (Å²) in [5.41, 5.74) is 17.8. The van der Waals surface area contributed by atoms with Gasteiger partial charge in [-0.25, -0.2) is 0 Å². The molecule has 0 N–H and O–H groups in total. The topological polar surface area (TPSA) is 13.1 Å². The molecule has 0 spiro atoms. The van der Waals surface area contributed by atoms with Gasteiger partial charge in [-0.1, -0.05) is 172 Å². The summed E-state index contributed by atoms with van der Waals surface area (Å²) in [5, 5.41) is 15.6. The maximum atomic E-state index is 2.69. The Morgan fingerprint density at radius 1 is 0.369 bits per heavy atom. The van der Waals surface area contributed by atoms with Crippen molar-refractivity contribution in [1.29, 1.82) is 0 Å². The maximum Gasteiger partial charge on any atom is 0.252 e. The molecule has 0 aliphatic carbocycles. The second-order valence-electron chi connectivity index (χ2n) is 19.1. The Morgan fingerprint density at radius 2 is 0.800 bits per heavy atom. The number of aromatic nitrogens is 2. The Bertz CT molecular complexity index is 4310. The van der Waals surface area contributed by atoms with Gasteiger partial charge in [-0.2, -0.15) is 0 Å². The van der Waals surface area contributed by atoms with E-state index in [0.717, 1.165) is 0 Å². The zero-order chi connectivity index (χ0) is 42.4. The van der Waals surface area contributed by atoms with Gasteiger partial charge in [0, 0.05) is 32.6 Å². The van der Waals surface area contributed by atoms with Crippen LogP contribution in [0.4, 0.5) is 17.1 Å². The third kappa shape index (κ3) is 4.03. The molecule has 3 aliphatic rings. The molecule has 11 aromatic carbocycles. The molecule has 65 heavy (non-hydrogen) atoms. The first-order chi connectivity index (χ1) is 32.1. The van der Waals surface area contributed by atoms with E-state index in [0.29, 0.717) is 0 Å². The monoisotopic (exact) mass is 823 g/mol. The van der Waals surface area contributed by atoms with E-state index in [-0.39, 0.29) is 12.1 Å². The lowest BCUT2D eigenvalue weighted by atomic mass is 9.34. The van der Waals surface area contributed by atoms with E-state index in [2.05, 4.69) is 222 Å². The highest BCUT2D eigenvalue weighted by Gasteiger charge is 2.45. The van der Waals surface area contributed by atoms with Gasteiger partial charge >= 0.3 is 0 Å². The van der Waals surface area contributed by atoms with Crippen LogP contribution in [0.2, 0.25) is 0 Å². The zero-order valence-electron chi connectivity index (χ0n) is 35.9. The molecule has 0 bridgehead atoms. The minimum absolute atomic E-state index is 0.0444. The van der Waals surface area contributed by atoms with Gasteiger partial charge in [0.1, 0.15) is 0 Å². The second-order valence-corrected chi connectivity index (χ2v) is 19.1. The van der Waals surface area contributed by atoms with Gasteiger partial charge < -0.3 is 14.0 Å². The first-order valence-corrected chi connectivity index (χ1v) is 23.0. The Labute approximate surface area is 375 Å². The lowest BCUT2D eigenvalue weighted by Crippen LogP contribution is -2.59. The van der Waals surface area contributed by atoms with Crippen LogP contribution in [0.25, 0.3) is 98.1 Å². The molecule has 2 aromatic heterocycles. The molecule has 13 aromatic rings. The molecule has 0 saturated heterocycles. The molecule has 5 heterocycles. The molecular formula is C61H38BN3. The van der Waals surface area contributed by atoms with E-state index in [1.54, 1.807) is 0 Å². The van der Waals surface area contributed by atoms with Crippen molar-refractivity contribution in [1.82, 2.24) is 9.13 Å². The highest BCUT2D eigenvalue weighted by Crippen LogP contribution is 2.55. The van der Waals surface area contributed by atoms with Gasteiger partial charge in [0.25, 0.3) is 6.71 Å². The van der Waals surface area contributed by atoms with Crippen LogP contribution in [0.5, 0.6) is 0 Å². The third-order valence-corrected chi connectivity index (χ3v) is 15.8. The summed E-state index contributed by atoms with van der Waals surface area (Å²) in [5.74, 6) is 0. The highest BCUT2D eigenvalue weighted by molar-refractivity contribution is 7.01. The van der Waals surface area contributed by atoms with Crippen molar-refractivity contribution in [2.75, 3.05) is 4.90 Å². The van der Waals surface area contributed by atoms with Crippen LogP contribution < -0.4 is 21.3 Å². The summed E-state index contributed by atoms with van der Waals surface area (Å²) in [6.07, 6.45) is 0. The summed E-state index contributed by atoms with van der Waals surface area (Å²) in [6.45, 7) is 4.73. The van der Waals surface area contributed by atoms with Crippen molar-refractivity contribution < 1.29 is 0 Å². The van der Waals surface area contributed by atoms with Crippen LogP contribution in [0, 0.1) is 0 Å². The summed E-state index contributed by atoms with van der Waals surface area (Å²) < 4.78 is 5.34. The first-order valence-electron chi connectivity index (χ1n) is 23.0. The van der Waals surface area contributed by atoms with E-state index >= 15 is 0 Å². The molecule has 0 atom stereocenters. The van der Waals surface area contributed by atoms with Crippen LogP contribution in [0.3, 0.4) is 0 Å². The van der Waals surface area contributed by atoms with Crippen molar-refractivity contribution in [3.05, 3.63) is 205 Å². The SMILES string of the molecule is CC1(C)c2ccccc2N(c2ccc3c4c2-n2c5ccc6ccccc6c5c5c6ccccc6cc(c52)B4c2cc4ccccc4c4c5c6ccccc6ccc5n-3c24)c2ccccc21. The minimum atomic E-state index is -0.187. The number of benzene rings is 11. The molecule has 3 aliphatic heterocycles. The van der Waals surface area contributed by atoms with Crippen LogP contribution >= 0.6 is 0 Å². The number of nitrogens with zero attached hydrogens (tertiary/aromatic N) is 3. The van der Waals surface area contributed by atoms with Gasteiger partial charge in [-0.05, 0) is 107 Å². The van der Waals surface area contributed by atoms with Crippen molar-refractivity contribution >= 4 is 127 Å². The molecule has 0 amide bonds. The number of para-hydroxylation sites is 2. The first kappa shape index (κ1) is 34.4. The fourth-order valence-corrected chi connectivity index (χ4v) is 13.2. The molecule has 0 unspecified atom stereocenters. The Kier molecular flexibility index (Phi) is 6.21. The van der Waals surface area contributed by atoms with Crippen LogP contribution in [-0.4, -0.2) is 15.8 Å². The normalized spacial score (nSPS) is 14.4. The quantitative estimate of drug-likeness (QED) is 0.150. The third-order valence-electron chi connectivity index (χ3n) is 15.8. The van der Waals surface area contributed by atoms with E-state index in [9.17, 15) is 0 Å². The second kappa shape index (κ2) is 11.7. The fraction of sp³-hybridized carbons (Fsp3) is 0.0492. The molecule has 0 saturated carbocycles. The highest BCUT2D eigenvalue weighted by atomic mass is 15.2. The summed E-state index contributed by atoms with van der Waals surface area (Å²) >= 11 is 0. The summed E-state index contributed by atoms with van der Waals surface area (Å²) in [6, 6.07) is 73.8. The molecule has 3 nitrogen and oxygen atoms in total. The maximum absolute atomic E-state index is 2.69. The van der Waals surface area contributed by atoms with Crippen LogP contribution in [0.15, 0.2) is 194 Å². The summed E-state index contributed by atoms with van der Waals surface area (Å²) in [4.78, 5) is 2.60. The Morgan fingerprint density at radius 3 is 1.35 bits per heavy atom. The fourth-order valence-electron chi connectivity index (χ4n) is 13.2. The average Bonchev–Trinajstić information content (AvgIpc) is 3.90. The van der Waals surface area contributed by atoms with Crippen molar-refractivity contribution in [3.8, 4) is 11.4 Å². The lowest BCUT2D eigenvalue weighted by molar-refractivity contribution is 0.632. The van der Waals surface area contributed by atoms with E-state index in [4.69, 9.17) is 0 Å². The van der Waals surface area contributed by atoms with E-state index in [1.165, 1.54) is 143 Å². The number of rotatable bonds is 1. The van der Waals surface area contributed by atoms with Gasteiger partial charge in [0.2, 0.25) is 0 Å². The van der Waals surface area contributed by atoms with Crippen molar-refractivity contribution in [2.24, 2.45) is 0 Å². The number of fused-ring (bicyclic) bond motifs is 20. The molecule has 16 rings (SSSR count). The predicted octanol–water partition coefficient (Wildman–Crippen LogP) is 13.7. The molecule has 300 valence electrons. The molecule has 0 fully saturated rings. The standard InChI is InChI=1S/C61H38BN3/c1-61(2)43-23-11-13-25-47(43)63(48-26-14-12-24-44(48)61)52-32-31-51-57-60(52)65-50-30-28-36-16-4-8-20-40(36)54(50)56-42-22-10-6-18-38(42)34-46(59(56)65)62(57)45-33-37-17-5-9-21-41(37)55-53-39-19-7-3-15-35(39)27-29-49(53)64(51)58(45)55/h3-34H,1-2H3. The largest absolute Gasteiger partial charge is 0.310 e. The van der Waals surface area contributed by atoms with Crippen LogP contribution in [0.1, 0.15) is 25.0 Å². The number of hydrogen-bond donors (Lipinski definition) is 0. The predicted molar refractivity (Wildman–Crippen MR) is 277 cm³/mol. The number of anilines is 3. The Hall–Kier alpha value is -8.08. The van der Waals surface area contributed by atoms with Crippen molar-refractivity contribution in [3.63, 3.8) is 0 Å². The smallest absolute Gasteiger partial charge is 0.252 e. The zero-order valence-corrected chi connectivity index (χ0v) is 35.9. The molecule has 4 heteroatoms. The lowest BCUT2D eigenvalue weighted by Gasteiger charge is -2.44. The van der Waals surface area contributed by atoms with E-state index in [1.807, 2.05) is 0 Å². The van der Waals surface area contributed by atoms with Gasteiger partial charge in [0.15, 0.2) is 0 Å². The Balaban J connectivity index is 1.18. The van der Waals surface area contributed by atoms with Gasteiger partial charge in [-0.3, -0.25) is 0 Å². The number of hydrogen-bond acceptors (Lipinski definition) is 1. The van der Waals surface area contributed by atoms with E-state index < -0.39 is 0 Å². The molecule has 0 radical (unpaired) electrons. The minimum Gasteiger partial charge on any atom is -0.310 e. The van der Waals surface area contributed by atoms with Gasteiger partial charge in [0.05, 0.1) is 44.8 Å². The van der Waals surface area contributed by atoms with Gasteiger partial charge in [-0.15, -0.1) is 0 Å². The average molecular weight is 824 g/mol. The molecular weight excluding hydrogens is 786 g/mol. The van der Waals surface area contributed by atoms with Crippen LogP contribution in [-0.2, 0) is 5.41 Å². The van der Waals surface area contributed by atoms with Crippen molar-refractivity contribution in [2.45, 2.75) is 19.3 Å². The summed E-state index contributed by atoms with van der Waals surface area (Å²) in [7, 11) is 0.